The van der Waals surface area contributed by atoms with Crippen molar-refractivity contribution in [3.8, 4) is 0 Å². The van der Waals surface area contributed by atoms with Crippen molar-refractivity contribution >= 4 is 17.2 Å². The molecule has 3 aliphatic heterocycles. The second-order valence-electron chi connectivity index (χ2n) is 11.4. The molecule has 4 aliphatic rings. The summed E-state index contributed by atoms with van der Waals surface area (Å²) in [6.07, 6.45) is 13.8. The summed E-state index contributed by atoms with van der Waals surface area (Å²) in [5.41, 5.74) is 8.05. The first-order chi connectivity index (χ1) is 16.2. The maximum absolute atomic E-state index is 6.30. The number of likely N-dealkylation sites (tertiary alicyclic amines) is 3. The summed E-state index contributed by atoms with van der Waals surface area (Å²) < 4.78 is 0. The van der Waals surface area contributed by atoms with Gasteiger partial charge in [0.15, 0.2) is 0 Å². The van der Waals surface area contributed by atoms with Crippen molar-refractivity contribution in [3.05, 3.63) is 24.3 Å². The number of nitrogen functional groups attached to an aromatic ring is 1. The number of para-hydroxylation sites is 2. The minimum atomic E-state index is 0.751. The lowest BCUT2D eigenvalue weighted by atomic mass is 9.89. The number of hydrogen-bond acceptors (Lipinski definition) is 4. The summed E-state index contributed by atoms with van der Waals surface area (Å²) in [7, 11) is 2.27. The number of nitrogens with zero attached hydrogens (tertiary/aromatic N) is 4. The molecule has 5 heteroatoms. The van der Waals surface area contributed by atoms with Crippen molar-refractivity contribution in [2.24, 2.45) is 22.7 Å². The number of benzene rings is 1. The first-order valence-electron chi connectivity index (χ1n) is 13.8. The van der Waals surface area contributed by atoms with Gasteiger partial charge in [-0.15, -0.1) is 0 Å². The van der Waals surface area contributed by atoms with Gasteiger partial charge in [0.05, 0.1) is 11.4 Å². The third-order valence-electron chi connectivity index (χ3n) is 8.93. The Morgan fingerprint density at radius 2 is 1.52 bits per heavy atom. The number of rotatable bonds is 4. The number of fused-ring (bicyclic) bond motifs is 1. The van der Waals surface area contributed by atoms with Gasteiger partial charge in [0.25, 0.3) is 0 Å². The van der Waals surface area contributed by atoms with E-state index in [4.69, 9.17) is 10.7 Å². The minimum absolute atomic E-state index is 0.751. The van der Waals surface area contributed by atoms with Crippen LogP contribution in [-0.4, -0.2) is 72.9 Å². The SMILES string of the molecule is CN1CC2CN(C(CC3CCN(C4CCCCCCC4)CC3)=Nc3ccccc3N)CC2C1. The van der Waals surface area contributed by atoms with E-state index in [1.54, 1.807) is 0 Å². The molecule has 0 amide bonds. The molecular formula is C28H45N5. The van der Waals surface area contributed by atoms with Gasteiger partial charge in [-0.1, -0.05) is 44.2 Å². The molecule has 2 atom stereocenters. The van der Waals surface area contributed by atoms with E-state index in [-0.39, 0.29) is 0 Å². The van der Waals surface area contributed by atoms with Gasteiger partial charge in [-0.25, -0.2) is 4.99 Å². The van der Waals surface area contributed by atoms with E-state index in [2.05, 4.69) is 33.9 Å². The number of amidine groups is 1. The Morgan fingerprint density at radius 3 is 2.18 bits per heavy atom. The summed E-state index contributed by atoms with van der Waals surface area (Å²) in [5.74, 6) is 3.65. The highest BCUT2D eigenvalue weighted by Crippen LogP contribution is 2.34. The molecular weight excluding hydrogens is 406 g/mol. The molecule has 3 heterocycles. The highest BCUT2D eigenvalue weighted by molar-refractivity contribution is 5.87. The van der Waals surface area contributed by atoms with E-state index < -0.39 is 0 Å². The first kappa shape index (κ1) is 23.2. The van der Waals surface area contributed by atoms with Crippen LogP contribution in [0.4, 0.5) is 11.4 Å². The zero-order valence-electron chi connectivity index (χ0n) is 20.8. The molecule has 5 rings (SSSR count). The Morgan fingerprint density at radius 1 is 0.879 bits per heavy atom. The zero-order valence-corrected chi connectivity index (χ0v) is 20.8. The van der Waals surface area contributed by atoms with Gasteiger partial charge in [-0.3, -0.25) is 0 Å². The van der Waals surface area contributed by atoms with Gasteiger partial charge in [-0.05, 0) is 75.7 Å². The molecule has 1 aromatic rings. The fraction of sp³-hybridized carbons (Fsp3) is 0.750. The van der Waals surface area contributed by atoms with Crippen LogP contribution in [0.15, 0.2) is 29.3 Å². The van der Waals surface area contributed by atoms with Crippen LogP contribution < -0.4 is 5.73 Å². The number of piperidine rings is 1. The lowest BCUT2D eigenvalue weighted by molar-refractivity contribution is 0.114. The Labute approximate surface area is 201 Å². The van der Waals surface area contributed by atoms with Gasteiger partial charge in [0.2, 0.25) is 0 Å². The monoisotopic (exact) mass is 451 g/mol. The lowest BCUT2D eigenvalue weighted by Gasteiger charge is -2.39. The Bertz CT molecular complexity index is 777. The van der Waals surface area contributed by atoms with Crippen LogP contribution >= 0.6 is 0 Å². The quantitative estimate of drug-likeness (QED) is 0.397. The summed E-state index contributed by atoms with van der Waals surface area (Å²) in [6.45, 7) is 7.38. The van der Waals surface area contributed by atoms with Crippen LogP contribution in [0.3, 0.4) is 0 Å². The van der Waals surface area contributed by atoms with Gasteiger partial charge in [0, 0.05) is 38.6 Å². The molecule has 5 nitrogen and oxygen atoms in total. The van der Waals surface area contributed by atoms with E-state index in [1.807, 2.05) is 12.1 Å². The van der Waals surface area contributed by atoms with E-state index in [1.165, 1.54) is 103 Å². The van der Waals surface area contributed by atoms with Crippen molar-refractivity contribution in [1.82, 2.24) is 14.7 Å². The van der Waals surface area contributed by atoms with Crippen molar-refractivity contribution in [3.63, 3.8) is 0 Å². The predicted octanol–water partition coefficient (Wildman–Crippen LogP) is 5.01. The molecule has 4 fully saturated rings. The van der Waals surface area contributed by atoms with Gasteiger partial charge in [-0.2, -0.15) is 0 Å². The highest BCUT2D eigenvalue weighted by atomic mass is 15.3. The van der Waals surface area contributed by atoms with E-state index in [9.17, 15) is 0 Å². The van der Waals surface area contributed by atoms with Crippen LogP contribution in [-0.2, 0) is 0 Å². The summed E-state index contributed by atoms with van der Waals surface area (Å²) in [5, 5.41) is 0. The Balaban J connectivity index is 1.24. The predicted molar refractivity (Wildman–Crippen MR) is 139 cm³/mol. The third kappa shape index (κ3) is 5.74. The molecule has 0 aromatic heterocycles. The molecule has 0 radical (unpaired) electrons. The van der Waals surface area contributed by atoms with E-state index in [0.717, 1.165) is 41.6 Å². The molecule has 2 unspecified atom stereocenters. The van der Waals surface area contributed by atoms with Gasteiger partial charge in [0.1, 0.15) is 5.84 Å². The molecule has 1 saturated carbocycles. The molecule has 1 aromatic carbocycles. The minimum Gasteiger partial charge on any atom is -0.397 e. The lowest BCUT2D eigenvalue weighted by Crippen LogP contribution is -2.43. The fourth-order valence-corrected chi connectivity index (χ4v) is 6.99. The molecule has 0 spiro atoms. The average Bonchev–Trinajstić information content (AvgIpc) is 3.33. The number of anilines is 1. The van der Waals surface area contributed by atoms with Crippen molar-refractivity contribution in [1.29, 1.82) is 0 Å². The summed E-state index contributed by atoms with van der Waals surface area (Å²) in [4.78, 5) is 13.2. The van der Waals surface area contributed by atoms with Crippen LogP contribution in [0.2, 0.25) is 0 Å². The van der Waals surface area contributed by atoms with Crippen molar-refractivity contribution in [2.75, 3.05) is 52.0 Å². The zero-order chi connectivity index (χ0) is 22.6. The largest absolute Gasteiger partial charge is 0.397 e. The smallest absolute Gasteiger partial charge is 0.105 e. The van der Waals surface area contributed by atoms with Crippen LogP contribution in [0.25, 0.3) is 0 Å². The number of hydrogen-bond donors (Lipinski definition) is 1. The molecule has 0 bridgehead atoms. The summed E-state index contributed by atoms with van der Waals surface area (Å²) in [6, 6.07) is 8.98. The average molecular weight is 452 g/mol. The van der Waals surface area contributed by atoms with Crippen molar-refractivity contribution < 1.29 is 0 Å². The second kappa shape index (κ2) is 10.8. The van der Waals surface area contributed by atoms with Crippen LogP contribution in [0, 0.1) is 17.8 Å². The number of aliphatic imine (C=N–C) groups is 1. The van der Waals surface area contributed by atoms with Gasteiger partial charge >= 0.3 is 0 Å². The first-order valence-corrected chi connectivity index (χ1v) is 13.8. The Kier molecular flexibility index (Phi) is 7.56. The van der Waals surface area contributed by atoms with Crippen LogP contribution in [0.5, 0.6) is 0 Å². The Hall–Kier alpha value is -1.59. The van der Waals surface area contributed by atoms with E-state index in [0.29, 0.717) is 0 Å². The topological polar surface area (TPSA) is 48.1 Å². The normalized spacial score (nSPS) is 29.2. The molecule has 182 valence electrons. The van der Waals surface area contributed by atoms with Crippen LogP contribution in [0.1, 0.15) is 64.2 Å². The standard InChI is InChI=1S/C28H45N5/c1-31-18-23-20-33(21-24(23)19-31)28(30-27-12-8-7-11-26(27)29)17-22-13-15-32(16-14-22)25-9-5-3-2-4-6-10-25/h7-8,11-12,22-25H,2-6,9-10,13-21,29H2,1H3. The van der Waals surface area contributed by atoms with E-state index >= 15 is 0 Å². The molecule has 1 aliphatic carbocycles. The summed E-state index contributed by atoms with van der Waals surface area (Å²) >= 11 is 0. The maximum Gasteiger partial charge on any atom is 0.105 e. The fourth-order valence-electron chi connectivity index (χ4n) is 6.99. The molecule has 2 N–H and O–H groups in total. The second-order valence-corrected chi connectivity index (χ2v) is 11.4. The third-order valence-corrected chi connectivity index (χ3v) is 8.93. The molecule has 3 saturated heterocycles. The highest BCUT2D eigenvalue weighted by Gasteiger charge is 2.40. The van der Waals surface area contributed by atoms with Gasteiger partial charge < -0.3 is 20.4 Å². The van der Waals surface area contributed by atoms with Crippen molar-refractivity contribution in [2.45, 2.75) is 70.3 Å². The maximum atomic E-state index is 6.30. The number of nitrogens with two attached hydrogens (primary N) is 1. The molecule has 33 heavy (non-hydrogen) atoms.